The zero-order valence-electron chi connectivity index (χ0n) is 10.3. The summed E-state index contributed by atoms with van der Waals surface area (Å²) in [5.41, 5.74) is 1.39. The number of hydrogen-bond acceptors (Lipinski definition) is 4. The van der Waals surface area contributed by atoms with Crippen molar-refractivity contribution < 1.29 is 0 Å². The van der Waals surface area contributed by atoms with Gasteiger partial charge in [-0.2, -0.15) is 5.26 Å². The first-order valence-electron chi connectivity index (χ1n) is 5.90. The molecule has 0 saturated heterocycles. The summed E-state index contributed by atoms with van der Waals surface area (Å²) in [5, 5.41) is 12.2. The molecule has 0 atom stereocenters. The topological polar surface area (TPSA) is 66.5 Å². The van der Waals surface area contributed by atoms with Crippen LogP contribution in [0.25, 0.3) is 0 Å². The number of imidazole rings is 1. The first-order chi connectivity index (χ1) is 8.85. The molecule has 2 aromatic heterocycles. The highest BCUT2D eigenvalue weighted by atomic mass is 15.1. The first-order valence-corrected chi connectivity index (χ1v) is 5.90. The Morgan fingerprint density at radius 2 is 2.28 bits per heavy atom. The maximum Gasteiger partial charge on any atom is 0.145 e. The Labute approximate surface area is 106 Å². The van der Waals surface area contributed by atoms with Crippen LogP contribution in [0, 0.1) is 11.3 Å². The van der Waals surface area contributed by atoms with Gasteiger partial charge in [-0.25, -0.2) is 9.97 Å². The Kier molecular flexibility index (Phi) is 4.05. The molecule has 1 N–H and O–H groups in total. The number of nitrogens with zero attached hydrogens (tertiary/aromatic N) is 4. The fourth-order valence-electron chi connectivity index (χ4n) is 1.74. The molecular weight excluding hydrogens is 226 g/mol. The van der Waals surface area contributed by atoms with Gasteiger partial charge in [0.15, 0.2) is 0 Å². The van der Waals surface area contributed by atoms with Gasteiger partial charge in [-0.1, -0.05) is 13.0 Å². The molecule has 0 aliphatic carbocycles. The molecule has 0 spiro atoms. The molecule has 0 unspecified atom stereocenters. The molecule has 0 saturated carbocycles. The fraction of sp³-hybridized carbons (Fsp3) is 0.308. The van der Waals surface area contributed by atoms with Crippen molar-refractivity contribution >= 4 is 0 Å². The molecule has 0 fully saturated rings. The van der Waals surface area contributed by atoms with Gasteiger partial charge in [0.1, 0.15) is 17.6 Å². The van der Waals surface area contributed by atoms with E-state index >= 15 is 0 Å². The molecule has 0 aliphatic rings. The number of rotatable bonds is 5. The van der Waals surface area contributed by atoms with Crippen LogP contribution in [0.15, 0.2) is 30.7 Å². The van der Waals surface area contributed by atoms with Gasteiger partial charge in [-0.05, 0) is 12.6 Å². The minimum Gasteiger partial charge on any atom is -0.329 e. The van der Waals surface area contributed by atoms with Crippen molar-refractivity contribution in [2.45, 2.75) is 20.0 Å². The van der Waals surface area contributed by atoms with E-state index in [0.29, 0.717) is 12.2 Å². The molecule has 5 heteroatoms. The molecule has 2 aromatic rings. The highest BCUT2D eigenvalue weighted by Crippen LogP contribution is 2.08. The summed E-state index contributed by atoms with van der Waals surface area (Å²) in [5.74, 6) is 0.963. The smallest absolute Gasteiger partial charge is 0.145 e. The SMILES string of the molecule is CCNCc1nccn1Cc1cccnc1C#N. The standard InChI is InChI=1S/C13H15N5/c1-2-15-9-13-17-6-7-18(13)10-11-4-3-5-16-12(11)8-14/h3-7,15H,2,9-10H2,1H3. The van der Waals surface area contributed by atoms with Crippen LogP contribution in [-0.4, -0.2) is 21.1 Å². The van der Waals surface area contributed by atoms with Crippen molar-refractivity contribution in [3.8, 4) is 6.07 Å². The summed E-state index contributed by atoms with van der Waals surface area (Å²) >= 11 is 0. The average molecular weight is 241 g/mol. The van der Waals surface area contributed by atoms with E-state index in [1.54, 1.807) is 12.4 Å². The normalized spacial score (nSPS) is 10.2. The summed E-state index contributed by atoms with van der Waals surface area (Å²) in [7, 11) is 0. The first kappa shape index (κ1) is 12.3. The van der Waals surface area contributed by atoms with Crippen molar-refractivity contribution in [1.82, 2.24) is 19.9 Å². The summed E-state index contributed by atoms with van der Waals surface area (Å²) in [4.78, 5) is 8.36. The van der Waals surface area contributed by atoms with E-state index in [-0.39, 0.29) is 0 Å². The predicted octanol–water partition coefficient (Wildman–Crippen LogP) is 1.31. The van der Waals surface area contributed by atoms with E-state index in [1.165, 1.54) is 0 Å². The van der Waals surface area contributed by atoms with Crippen LogP contribution in [0.5, 0.6) is 0 Å². The van der Waals surface area contributed by atoms with E-state index in [9.17, 15) is 0 Å². The Morgan fingerprint density at radius 3 is 3.06 bits per heavy atom. The molecule has 0 radical (unpaired) electrons. The van der Waals surface area contributed by atoms with E-state index in [1.807, 2.05) is 22.9 Å². The van der Waals surface area contributed by atoms with Gasteiger partial charge in [0.05, 0.1) is 13.1 Å². The predicted molar refractivity (Wildman–Crippen MR) is 67.7 cm³/mol. The number of nitriles is 1. The molecule has 5 nitrogen and oxygen atoms in total. The lowest BCUT2D eigenvalue weighted by Gasteiger charge is -2.08. The van der Waals surface area contributed by atoms with Crippen LogP contribution in [-0.2, 0) is 13.1 Å². The third kappa shape index (κ3) is 2.73. The quantitative estimate of drug-likeness (QED) is 0.857. The molecule has 0 aromatic carbocycles. The second-order valence-corrected chi connectivity index (χ2v) is 3.87. The van der Waals surface area contributed by atoms with Crippen molar-refractivity contribution in [3.05, 3.63) is 47.8 Å². The van der Waals surface area contributed by atoms with Crippen molar-refractivity contribution in [1.29, 1.82) is 5.26 Å². The molecule has 92 valence electrons. The Morgan fingerprint density at radius 1 is 1.39 bits per heavy atom. The molecule has 2 rings (SSSR count). The Bertz CT molecular complexity index is 553. The maximum atomic E-state index is 9.01. The molecule has 18 heavy (non-hydrogen) atoms. The summed E-state index contributed by atoms with van der Waals surface area (Å²) in [6.07, 6.45) is 5.32. The summed E-state index contributed by atoms with van der Waals surface area (Å²) in [6.45, 7) is 4.31. The van der Waals surface area contributed by atoms with Crippen molar-refractivity contribution in [3.63, 3.8) is 0 Å². The average Bonchev–Trinajstić information content (AvgIpc) is 2.84. The fourth-order valence-corrected chi connectivity index (χ4v) is 1.74. The van der Waals surface area contributed by atoms with Gasteiger partial charge in [0, 0.05) is 24.2 Å². The zero-order chi connectivity index (χ0) is 12.8. The van der Waals surface area contributed by atoms with Crippen LogP contribution >= 0.6 is 0 Å². The van der Waals surface area contributed by atoms with Crippen molar-refractivity contribution in [2.24, 2.45) is 0 Å². The lowest BCUT2D eigenvalue weighted by atomic mass is 10.2. The number of aromatic nitrogens is 3. The van der Waals surface area contributed by atoms with Crippen LogP contribution in [0.1, 0.15) is 24.0 Å². The van der Waals surface area contributed by atoms with Crippen molar-refractivity contribution in [2.75, 3.05) is 6.54 Å². The van der Waals surface area contributed by atoms with Gasteiger partial charge in [-0.3, -0.25) is 0 Å². The molecule has 0 bridgehead atoms. The van der Waals surface area contributed by atoms with Crippen LogP contribution in [0.3, 0.4) is 0 Å². The van der Waals surface area contributed by atoms with Gasteiger partial charge in [0.25, 0.3) is 0 Å². The minimum atomic E-state index is 0.473. The van der Waals surface area contributed by atoms with E-state index < -0.39 is 0 Å². The third-order valence-corrected chi connectivity index (χ3v) is 2.67. The molecule has 0 amide bonds. The monoisotopic (exact) mass is 241 g/mol. The number of nitrogens with one attached hydrogen (secondary N) is 1. The van der Waals surface area contributed by atoms with Gasteiger partial charge >= 0.3 is 0 Å². The van der Waals surface area contributed by atoms with Gasteiger partial charge < -0.3 is 9.88 Å². The minimum absolute atomic E-state index is 0.473. The van der Waals surface area contributed by atoms with Gasteiger partial charge in [-0.15, -0.1) is 0 Å². The summed E-state index contributed by atoms with van der Waals surface area (Å²) < 4.78 is 2.03. The van der Waals surface area contributed by atoms with Crippen LogP contribution in [0.2, 0.25) is 0 Å². The largest absolute Gasteiger partial charge is 0.329 e. The second kappa shape index (κ2) is 5.94. The lowest BCUT2D eigenvalue weighted by Crippen LogP contribution is -2.16. The van der Waals surface area contributed by atoms with Crippen LogP contribution < -0.4 is 5.32 Å². The number of pyridine rings is 1. The maximum absolute atomic E-state index is 9.01. The summed E-state index contributed by atoms with van der Waals surface area (Å²) in [6, 6.07) is 5.87. The molecule has 2 heterocycles. The second-order valence-electron chi connectivity index (χ2n) is 3.87. The van der Waals surface area contributed by atoms with Gasteiger partial charge in [0.2, 0.25) is 0 Å². The zero-order valence-corrected chi connectivity index (χ0v) is 10.3. The number of hydrogen-bond donors (Lipinski definition) is 1. The highest BCUT2D eigenvalue weighted by molar-refractivity contribution is 5.30. The highest BCUT2D eigenvalue weighted by Gasteiger charge is 2.06. The van der Waals surface area contributed by atoms with E-state index in [2.05, 4.69) is 28.3 Å². The lowest BCUT2D eigenvalue weighted by molar-refractivity contribution is 0.638. The molecular formula is C13H15N5. The molecule has 0 aliphatic heterocycles. The van der Waals surface area contributed by atoms with E-state index in [0.717, 1.165) is 24.5 Å². The Hall–Kier alpha value is -2.19. The Balaban J connectivity index is 2.19. The third-order valence-electron chi connectivity index (χ3n) is 2.67. The van der Waals surface area contributed by atoms with E-state index in [4.69, 9.17) is 5.26 Å². The van der Waals surface area contributed by atoms with Crippen LogP contribution in [0.4, 0.5) is 0 Å².